The monoisotopic (exact) mass is 414 g/mol. The first-order chi connectivity index (χ1) is 12.3. The zero-order valence-corrected chi connectivity index (χ0v) is 16.9. The lowest BCUT2D eigenvalue weighted by Gasteiger charge is -2.40. The summed E-state index contributed by atoms with van der Waals surface area (Å²) in [6.07, 6.45) is 0. The van der Waals surface area contributed by atoms with Crippen LogP contribution in [0.5, 0.6) is 5.75 Å². The van der Waals surface area contributed by atoms with Gasteiger partial charge in [0.2, 0.25) is 10.0 Å². The van der Waals surface area contributed by atoms with Crippen LogP contribution in [0.25, 0.3) is 0 Å². The summed E-state index contributed by atoms with van der Waals surface area (Å²) in [7, 11) is -1.98. The Balaban J connectivity index is 1.77. The predicted molar refractivity (Wildman–Crippen MR) is 105 cm³/mol. The Morgan fingerprint density at radius 1 is 1.04 bits per heavy atom. The lowest BCUT2D eigenvalue weighted by molar-refractivity contribution is 0.342. The normalized spacial score (nSPS) is 18.8. The van der Waals surface area contributed by atoms with Gasteiger partial charge >= 0.3 is 0 Å². The third kappa shape index (κ3) is 3.78. The fourth-order valence-electron chi connectivity index (χ4n) is 3.09. The van der Waals surface area contributed by atoms with Crippen LogP contribution in [0.3, 0.4) is 0 Å². The molecule has 0 amide bonds. The van der Waals surface area contributed by atoms with Crippen LogP contribution in [0.2, 0.25) is 10.0 Å². The molecule has 0 aliphatic carbocycles. The molecule has 1 aliphatic heterocycles. The van der Waals surface area contributed by atoms with E-state index in [1.165, 1.54) is 22.5 Å². The Morgan fingerprint density at radius 3 is 2.31 bits per heavy atom. The first kappa shape index (κ1) is 19.3. The smallest absolute Gasteiger partial charge is 0.243 e. The summed E-state index contributed by atoms with van der Waals surface area (Å²) in [6, 6.07) is 12.2. The largest absolute Gasteiger partial charge is 0.497 e. The van der Waals surface area contributed by atoms with Crippen molar-refractivity contribution in [3.63, 3.8) is 0 Å². The summed E-state index contributed by atoms with van der Waals surface area (Å²) < 4.78 is 32.5. The molecule has 0 radical (unpaired) electrons. The highest BCUT2D eigenvalue weighted by Gasteiger charge is 2.32. The summed E-state index contributed by atoms with van der Waals surface area (Å²) in [5.41, 5.74) is 1.05. The van der Waals surface area contributed by atoms with Gasteiger partial charge in [-0.05, 0) is 49.4 Å². The maximum atomic E-state index is 12.9. The van der Waals surface area contributed by atoms with E-state index in [1.54, 1.807) is 7.11 Å². The molecule has 1 saturated heterocycles. The molecule has 3 rings (SSSR count). The van der Waals surface area contributed by atoms with Crippen molar-refractivity contribution >= 4 is 38.9 Å². The second kappa shape index (κ2) is 7.64. The Labute approximate surface area is 164 Å². The van der Waals surface area contributed by atoms with E-state index in [0.29, 0.717) is 24.7 Å². The zero-order chi connectivity index (χ0) is 18.9. The number of hydrogen-bond acceptors (Lipinski definition) is 4. The molecule has 140 valence electrons. The Morgan fingerprint density at radius 2 is 1.73 bits per heavy atom. The molecule has 0 spiro atoms. The molecule has 0 N–H and O–H groups in total. The van der Waals surface area contributed by atoms with E-state index >= 15 is 0 Å². The van der Waals surface area contributed by atoms with Crippen molar-refractivity contribution in [2.75, 3.05) is 31.6 Å². The van der Waals surface area contributed by atoms with Gasteiger partial charge in [0, 0.05) is 31.4 Å². The van der Waals surface area contributed by atoms with Crippen LogP contribution in [0.1, 0.15) is 6.92 Å². The number of nitrogens with zero attached hydrogens (tertiary/aromatic N) is 2. The number of benzene rings is 2. The predicted octanol–water partition coefficient (Wildman–Crippen LogP) is 3.90. The third-order valence-corrected chi connectivity index (χ3v) is 7.12. The van der Waals surface area contributed by atoms with Gasteiger partial charge in [-0.25, -0.2) is 8.42 Å². The van der Waals surface area contributed by atoms with Crippen molar-refractivity contribution in [3.05, 3.63) is 52.5 Å². The van der Waals surface area contributed by atoms with Gasteiger partial charge in [0.25, 0.3) is 0 Å². The van der Waals surface area contributed by atoms with E-state index in [-0.39, 0.29) is 16.0 Å². The second-order valence-corrected chi connectivity index (χ2v) is 8.93. The Bertz CT molecular complexity index is 888. The van der Waals surface area contributed by atoms with Crippen LogP contribution < -0.4 is 9.64 Å². The van der Waals surface area contributed by atoms with Gasteiger partial charge in [-0.1, -0.05) is 23.2 Å². The first-order valence-electron chi connectivity index (χ1n) is 8.19. The standard InChI is InChI=1S/C18H20Cl2N2O3S/c1-13-12-21(26(23,24)16-7-8-17(19)18(20)11-16)9-10-22(13)14-3-5-15(25-2)6-4-14/h3-8,11,13H,9-10,12H2,1-2H3. The molecule has 2 aromatic rings. The molecule has 26 heavy (non-hydrogen) atoms. The van der Waals surface area contributed by atoms with E-state index in [2.05, 4.69) is 4.90 Å². The number of halogens is 2. The summed E-state index contributed by atoms with van der Waals surface area (Å²) >= 11 is 11.9. The number of piperazine rings is 1. The molecular weight excluding hydrogens is 395 g/mol. The van der Waals surface area contributed by atoms with E-state index in [9.17, 15) is 8.42 Å². The summed E-state index contributed by atoms with van der Waals surface area (Å²) in [5.74, 6) is 0.794. The molecule has 0 saturated carbocycles. The molecule has 1 fully saturated rings. The highest BCUT2D eigenvalue weighted by molar-refractivity contribution is 7.89. The minimum Gasteiger partial charge on any atom is -0.497 e. The topological polar surface area (TPSA) is 49.9 Å². The molecule has 2 aromatic carbocycles. The zero-order valence-electron chi connectivity index (χ0n) is 14.5. The molecule has 0 aromatic heterocycles. The van der Waals surface area contributed by atoms with E-state index in [0.717, 1.165) is 11.4 Å². The highest BCUT2D eigenvalue weighted by Crippen LogP contribution is 2.29. The van der Waals surface area contributed by atoms with Crippen molar-refractivity contribution in [2.45, 2.75) is 17.9 Å². The van der Waals surface area contributed by atoms with Crippen molar-refractivity contribution in [1.82, 2.24) is 4.31 Å². The van der Waals surface area contributed by atoms with E-state index in [4.69, 9.17) is 27.9 Å². The van der Waals surface area contributed by atoms with E-state index in [1.807, 2.05) is 31.2 Å². The number of sulfonamides is 1. The van der Waals surface area contributed by atoms with Gasteiger partial charge < -0.3 is 9.64 Å². The number of hydrogen-bond donors (Lipinski definition) is 0. The average molecular weight is 415 g/mol. The Kier molecular flexibility index (Phi) is 5.67. The van der Waals surface area contributed by atoms with Gasteiger partial charge in [0.05, 0.1) is 22.1 Å². The van der Waals surface area contributed by atoms with Crippen LogP contribution >= 0.6 is 23.2 Å². The third-order valence-electron chi connectivity index (χ3n) is 4.52. The van der Waals surface area contributed by atoms with Gasteiger partial charge in [-0.2, -0.15) is 4.31 Å². The Hall–Kier alpha value is -1.47. The molecule has 8 heteroatoms. The molecular formula is C18H20Cl2N2O3S. The van der Waals surface area contributed by atoms with Crippen LogP contribution in [0.4, 0.5) is 5.69 Å². The molecule has 0 bridgehead atoms. The molecule has 1 aliphatic rings. The minimum atomic E-state index is -3.61. The summed E-state index contributed by atoms with van der Waals surface area (Å²) in [4.78, 5) is 2.36. The maximum absolute atomic E-state index is 12.9. The average Bonchev–Trinajstić information content (AvgIpc) is 2.64. The van der Waals surface area contributed by atoms with E-state index < -0.39 is 10.0 Å². The fourth-order valence-corrected chi connectivity index (χ4v) is 4.99. The lowest BCUT2D eigenvalue weighted by atomic mass is 10.2. The minimum absolute atomic E-state index is 0.0368. The van der Waals surface area contributed by atoms with Gasteiger partial charge in [0.1, 0.15) is 5.75 Å². The van der Waals surface area contributed by atoms with Crippen LogP contribution in [-0.4, -0.2) is 45.5 Å². The highest BCUT2D eigenvalue weighted by atomic mass is 35.5. The van der Waals surface area contributed by atoms with Crippen LogP contribution in [0, 0.1) is 0 Å². The number of ether oxygens (including phenoxy) is 1. The van der Waals surface area contributed by atoms with Crippen molar-refractivity contribution < 1.29 is 13.2 Å². The molecule has 1 atom stereocenters. The quantitative estimate of drug-likeness (QED) is 0.760. The lowest BCUT2D eigenvalue weighted by Crippen LogP contribution is -2.53. The van der Waals surface area contributed by atoms with Crippen molar-refractivity contribution in [1.29, 1.82) is 0 Å². The number of methoxy groups -OCH3 is 1. The van der Waals surface area contributed by atoms with Crippen molar-refractivity contribution in [3.8, 4) is 5.75 Å². The first-order valence-corrected chi connectivity index (χ1v) is 10.4. The summed E-state index contributed by atoms with van der Waals surface area (Å²) in [6.45, 7) is 3.42. The van der Waals surface area contributed by atoms with Crippen molar-refractivity contribution in [2.24, 2.45) is 0 Å². The molecule has 1 heterocycles. The maximum Gasteiger partial charge on any atom is 0.243 e. The van der Waals surface area contributed by atoms with Crippen LogP contribution in [0.15, 0.2) is 47.4 Å². The fraction of sp³-hybridized carbons (Fsp3) is 0.333. The summed E-state index contributed by atoms with van der Waals surface area (Å²) in [5, 5.41) is 0.570. The SMILES string of the molecule is COc1ccc(N2CCN(S(=O)(=O)c3ccc(Cl)c(Cl)c3)CC2C)cc1. The number of anilines is 1. The van der Waals surface area contributed by atoms with Gasteiger partial charge in [0.15, 0.2) is 0 Å². The molecule has 5 nitrogen and oxygen atoms in total. The second-order valence-electron chi connectivity index (χ2n) is 6.18. The number of rotatable bonds is 4. The molecule has 1 unspecified atom stereocenters. The van der Waals surface area contributed by atoms with Gasteiger partial charge in [-0.3, -0.25) is 0 Å². The van der Waals surface area contributed by atoms with Gasteiger partial charge in [-0.15, -0.1) is 0 Å². The van der Waals surface area contributed by atoms with Crippen LogP contribution in [-0.2, 0) is 10.0 Å².